The monoisotopic (exact) mass is 283 g/mol. The van der Waals surface area contributed by atoms with E-state index in [1.54, 1.807) is 0 Å². The van der Waals surface area contributed by atoms with Gasteiger partial charge in [0.1, 0.15) is 0 Å². The van der Waals surface area contributed by atoms with E-state index in [1.807, 2.05) is 17.8 Å². The van der Waals surface area contributed by atoms with E-state index in [-0.39, 0.29) is 5.25 Å². The van der Waals surface area contributed by atoms with Gasteiger partial charge in [-0.2, -0.15) is 0 Å². The summed E-state index contributed by atoms with van der Waals surface area (Å²) in [6, 6.07) is 8.67. The van der Waals surface area contributed by atoms with Crippen LogP contribution in [0.3, 0.4) is 0 Å². The van der Waals surface area contributed by atoms with Crippen LogP contribution in [0.25, 0.3) is 0 Å². The maximum absolute atomic E-state index is 11.8. The van der Waals surface area contributed by atoms with Gasteiger partial charge in [-0.15, -0.1) is 11.8 Å². The summed E-state index contributed by atoms with van der Waals surface area (Å²) in [6.07, 6.45) is 1.64. The average Bonchev–Trinajstić information content (AvgIpc) is 2.90. The molecular formula is C13H17NO2S2. The van der Waals surface area contributed by atoms with E-state index in [0.717, 1.165) is 18.6 Å². The van der Waals surface area contributed by atoms with E-state index in [4.69, 9.17) is 0 Å². The summed E-state index contributed by atoms with van der Waals surface area (Å²) in [5.41, 5.74) is 1.32. The lowest BCUT2D eigenvalue weighted by atomic mass is 10.1. The van der Waals surface area contributed by atoms with E-state index in [2.05, 4.69) is 23.5 Å². The van der Waals surface area contributed by atoms with Crippen molar-refractivity contribution < 1.29 is 8.42 Å². The number of rotatable bonds is 3. The Balaban J connectivity index is 1.66. The Bertz CT molecular complexity index is 542. The minimum atomic E-state index is -2.83. The molecule has 5 heteroatoms. The molecule has 3 nitrogen and oxygen atoms in total. The predicted molar refractivity (Wildman–Crippen MR) is 74.7 cm³/mol. The highest BCUT2D eigenvalue weighted by Gasteiger charge is 2.32. The fourth-order valence-corrected chi connectivity index (χ4v) is 5.67. The third-order valence-electron chi connectivity index (χ3n) is 3.75. The molecule has 0 spiro atoms. The first-order valence-corrected chi connectivity index (χ1v) is 9.03. The zero-order valence-electron chi connectivity index (χ0n) is 10.1. The molecule has 2 unspecified atom stereocenters. The van der Waals surface area contributed by atoms with Crippen LogP contribution in [-0.4, -0.2) is 31.7 Å². The van der Waals surface area contributed by atoms with Crippen LogP contribution in [0.1, 0.15) is 24.4 Å². The number of hydrogen-bond donors (Lipinski definition) is 1. The lowest BCUT2D eigenvalue weighted by molar-refractivity contribution is 0.543. The first-order chi connectivity index (χ1) is 8.67. The topological polar surface area (TPSA) is 46.2 Å². The van der Waals surface area contributed by atoms with Gasteiger partial charge < -0.3 is 5.32 Å². The Kier molecular flexibility index (Phi) is 3.38. The molecule has 1 aromatic carbocycles. The number of fused-ring (bicyclic) bond motifs is 1. The molecule has 2 aliphatic heterocycles. The smallest absolute Gasteiger partial charge is 0.154 e. The quantitative estimate of drug-likeness (QED) is 0.921. The van der Waals surface area contributed by atoms with Crippen LogP contribution in [0, 0.1) is 0 Å². The molecule has 0 aliphatic carbocycles. The van der Waals surface area contributed by atoms with Gasteiger partial charge in [-0.1, -0.05) is 18.2 Å². The second kappa shape index (κ2) is 4.87. The molecule has 0 radical (unpaired) electrons. The number of nitrogens with one attached hydrogen (secondary N) is 1. The first-order valence-electron chi connectivity index (χ1n) is 6.33. The van der Waals surface area contributed by atoms with Crippen LogP contribution in [0.5, 0.6) is 0 Å². The summed E-state index contributed by atoms with van der Waals surface area (Å²) in [5.74, 6) is 1.38. The van der Waals surface area contributed by atoms with Crippen LogP contribution in [-0.2, 0) is 9.84 Å². The summed E-state index contributed by atoms with van der Waals surface area (Å²) in [5, 5.41) is 3.26. The molecule has 3 rings (SSSR count). The molecule has 1 fully saturated rings. The molecule has 2 aliphatic rings. The van der Waals surface area contributed by atoms with Gasteiger partial charge in [0.2, 0.25) is 0 Å². The largest absolute Gasteiger partial charge is 0.308 e. The highest BCUT2D eigenvalue weighted by atomic mass is 32.2. The van der Waals surface area contributed by atoms with Crippen LogP contribution < -0.4 is 5.32 Å². The first kappa shape index (κ1) is 12.5. The Morgan fingerprint density at radius 1 is 1.33 bits per heavy atom. The highest BCUT2D eigenvalue weighted by molar-refractivity contribution is 7.99. The molecule has 1 N–H and O–H groups in total. The summed E-state index contributed by atoms with van der Waals surface area (Å²) in [4.78, 5) is 1.32. The molecule has 98 valence electrons. The van der Waals surface area contributed by atoms with Crippen molar-refractivity contribution in [3.8, 4) is 0 Å². The Hall–Kier alpha value is -0.520. The summed E-state index contributed by atoms with van der Waals surface area (Å²) in [6.45, 7) is 0.599. The van der Waals surface area contributed by atoms with Gasteiger partial charge in [-0.3, -0.25) is 0 Å². The van der Waals surface area contributed by atoms with Crippen molar-refractivity contribution in [2.75, 3.05) is 18.1 Å². The SMILES string of the molecule is O=S1(=O)CCCC1CNC1CSc2ccccc21. The van der Waals surface area contributed by atoms with Crippen molar-refractivity contribution in [1.29, 1.82) is 0 Å². The zero-order chi connectivity index (χ0) is 12.6. The predicted octanol–water partition coefficient (Wildman–Crippen LogP) is 2.00. The van der Waals surface area contributed by atoms with Gasteiger partial charge in [0.15, 0.2) is 9.84 Å². The van der Waals surface area contributed by atoms with E-state index in [1.165, 1.54) is 10.5 Å². The van der Waals surface area contributed by atoms with Crippen molar-refractivity contribution in [1.82, 2.24) is 5.32 Å². The highest BCUT2D eigenvalue weighted by Crippen LogP contribution is 2.37. The normalized spacial score (nSPS) is 29.3. The van der Waals surface area contributed by atoms with E-state index in [9.17, 15) is 8.42 Å². The van der Waals surface area contributed by atoms with Crippen molar-refractivity contribution in [2.24, 2.45) is 0 Å². The standard InChI is InChI=1S/C13H17NO2S2/c15-18(16)7-3-4-10(18)8-14-12-9-17-13-6-2-1-5-11(12)13/h1-2,5-6,10,12,14H,3-4,7-9H2. The number of thioether (sulfide) groups is 1. The van der Waals surface area contributed by atoms with Crippen LogP contribution in [0.15, 0.2) is 29.2 Å². The summed E-state index contributed by atoms with van der Waals surface area (Å²) in [7, 11) is -2.83. The molecule has 0 aromatic heterocycles. The fraction of sp³-hybridized carbons (Fsp3) is 0.538. The molecular weight excluding hydrogens is 266 g/mol. The molecule has 0 saturated carbocycles. The van der Waals surface area contributed by atoms with Gasteiger partial charge >= 0.3 is 0 Å². The molecule has 0 amide bonds. The van der Waals surface area contributed by atoms with Crippen molar-refractivity contribution in [3.05, 3.63) is 29.8 Å². The zero-order valence-corrected chi connectivity index (χ0v) is 11.8. The molecule has 0 bridgehead atoms. The summed E-state index contributed by atoms with van der Waals surface area (Å²) >= 11 is 1.85. The molecule has 2 atom stereocenters. The van der Waals surface area contributed by atoms with Gasteiger partial charge in [0.05, 0.1) is 11.0 Å². The van der Waals surface area contributed by atoms with Gasteiger partial charge in [0.25, 0.3) is 0 Å². The van der Waals surface area contributed by atoms with Crippen molar-refractivity contribution >= 4 is 21.6 Å². The van der Waals surface area contributed by atoms with Crippen LogP contribution in [0.4, 0.5) is 0 Å². The molecule has 1 aromatic rings. The minimum absolute atomic E-state index is 0.171. The second-order valence-corrected chi connectivity index (χ2v) is 8.40. The molecule has 1 saturated heterocycles. The fourth-order valence-electron chi connectivity index (χ4n) is 2.69. The maximum Gasteiger partial charge on any atom is 0.154 e. The van der Waals surface area contributed by atoms with Gasteiger partial charge in [0, 0.05) is 23.2 Å². The third kappa shape index (κ3) is 2.31. The number of benzene rings is 1. The maximum atomic E-state index is 11.8. The van der Waals surface area contributed by atoms with E-state index < -0.39 is 9.84 Å². The summed E-state index contributed by atoms with van der Waals surface area (Å²) < 4.78 is 23.5. The lowest BCUT2D eigenvalue weighted by Crippen LogP contribution is -2.33. The van der Waals surface area contributed by atoms with Gasteiger partial charge in [-0.25, -0.2) is 8.42 Å². The Labute approximate surface area is 112 Å². The average molecular weight is 283 g/mol. The second-order valence-electron chi connectivity index (χ2n) is 4.94. The van der Waals surface area contributed by atoms with Crippen LogP contribution >= 0.6 is 11.8 Å². The molecule has 2 heterocycles. The van der Waals surface area contributed by atoms with E-state index >= 15 is 0 Å². The van der Waals surface area contributed by atoms with Gasteiger partial charge in [-0.05, 0) is 24.5 Å². The van der Waals surface area contributed by atoms with Crippen molar-refractivity contribution in [3.63, 3.8) is 0 Å². The third-order valence-corrected chi connectivity index (χ3v) is 7.21. The van der Waals surface area contributed by atoms with E-state index in [0.29, 0.717) is 18.3 Å². The lowest BCUT2D eigenvalue weighted by Gasteiger charge is -2.16. The van der Waals surface area contributed by atoms with Crippen LogP contribution in [0.2, 0.25) is 0 Å². The minimum Gasteiger partial charge on any atom is -0.308 e. The Morgan fingerprint density at radius 3 is 2.94 bits per heavy atom. The number of hydrogen-bond acceptors (Lipinski definition) is 4. The van der Waals surface area contributed by atoms with Crippen molar-refractivity contribution in [2.45, 2.75) is 29.0 Å². The molecule has 18 heavy (non-hydrogen) atoms. The number of sulfone groups is 1. The Morgan fingerprint density at radius 2 is 2.17 bits per heavy atom.